The van der Waals surface area contributed by atoms with E-state index in [2.05, 4.69) is 5.32 Å². The van der Waals surface area contributed by atoms with Crippen molar-refractivity contribution in [2.24, 2.45) is 5.92 Å². The lowest BCUT2D eigenvalue weighted by molar-refractivity contribution is -0.387. The molecule has 0 saturated carbocycles. The van der Waals surface area contributed by atoms with E-state index in [1.165, 1.54) is 16.4 Å². The maximum Gasteiger partial charge on any atom is 0.289 e. The van der Waals surface area contributed by atoms with Gasteiger partial charge in [-0.25, -0.2) is 8.42 Å². The van der Waals surface area contributed by atoms with Crippen molar-refractivity contribution in [3.05, 3.63) is 33.9 Å². The van der Waals surface area contributed by atoms with Gasteiger partial charge in [0.25, 0.3) is 5.69 Å². The van der Waals surface area contributed by atoms with E-state index in [9.17, 15) is 18.5 Å². The molecule has 8 heteroatoms. The predicted molar refractivity (Wildman–Crippen MR) is 83.2 cm³/mol. The molecule has 2 rings (SSSR count). The zero-order chi connectivity index (χ0) is 16.3. The summed E-state index contributed by atoms with van der Waals surface area (Å²) in [5, 5.41) is 14.3. The number of nitro groups is 1. The molecule has 1 aromatic carbocycles. The van der Waals surface area contributed by atoms with E-state index >= 15 is 0 Å². The summed E-state index contributed by atoms with van der Waals surface area (Å²) >= 11 is 0. The second-order valence-corrected chi connectivity index (χ2v) is 7.46. The quantitative estimate of drug-likeness (QED) is 0.654. The number of aryl methyl sites for hydroxylation is 1. The van der Waals surface area contributed by atoms with Crippen molar-refractivity contribution in [3.63, 3.8) is 0 Å². The van der Waals surface area contributed by atoms with Gasteiger partial charge in [-0.3, -0.25) is 10.1 Å². The van der Waals surface area contributed by atoms with Crippen LogP contribution in [0.3, 0.4) is 0 Å². The summed E-state index contributed by atoms with van der Waals surface area (Å²) in [5.41, 5.74) is 0.0592. The highest BCUT2D eigenvalue weighted by atomic mass is 32.2. The van der Waals surface area contributed by atoms with Gasteiger partial charge in [-0.2, -0.15) is 4.31 Å². The van der Waals surface area contributed by atoms with Gasteiger partial charge in [-0.05, 0) is 44.8 Å². The average molecular weight is 327 g/mol. The SMILES string of the molecule is CNCC1CCN(S(=O)(=O)c2c(C)cccc2[N+](=O)[O-])CC1. The van der Waals surface area contributed by atoms with Crippen LogP contribution in [0.4, 0.5) is 5.69 Å². The zero-order valence-electron chi connectivity index (χ0n) is 12.8. The van der Waals surface area contributed by atoms with Crippen LogP contribution in [-0.2, 0) is 10.0 Å². The summed E-state index contributed by atoms with van der Waals surface area (Å²) in [6.07, 6.45) is 1.53. The number of sulfonamides is 1. The van der Waals surface area contributed by atoms with Gasteiger partial charge in [0.15, 0.2) is 4.90 Å². The molecule has 1 N–H and O–H groups in total. The summed E-state index contributed by atoms with van der Waals surface area (Å²) in [6.45, 7) is 3.26. The van der Waals surface area contributed by atoms with Crippen LogP contribution in [0, 0.1) is 23.0 Å². The first-order chi connectivity index (χ1) is 10.4. The molecule has 1 saturated heterocycles. The number of piperidine rings is 1. The van der Waals surface area contributed by atoms with E-state index in [1.54, 1.807) is 13.0 Å². The molecular weight excluding hydrogens is 306 g/mol. The number of nitrogens with one attached hydrogen (secondary N) is 1. The van der Waals surface area contributed by atoms with Crippen molar-refractivity contribution < 1.29 is 13.3 Å². The molecule has 1 aromatic rings. The third kappa shape index (κ3) is 3.29. The second kappa shape index (κ2) is 6.72. The van der Waals surface area contributed by atoms with E-state index in [4.69, 9.17) is 0 Å². The highest BCUT2D eigenvalue weighted by molar-refractivity contribution is 7.89. The van der Waals surface area contributed by atoms with Crippen LogP contribution in [0.15, 0.2) is 23.1 Å². The third-order valence-electron chi connectivity index (χ3n) is 4.05. The summed E-state index contributed by atoms with van der Waals surface area (Å²) in [5.74, 6) is 0.448. The van der Waals surface area contributed by atoms with Crippen molar-refractivity contribution in [1.29, 1.82) is 0 Å². The van der Waals surface area contributed by atoms with E-state index in [0.29, 0.717) is 24.6 Å². The van der Waals surface area contributed by atoms with Crippen molar-refractivity contribution in [2.75, 3.05) is 26.7 Å². The molecule has 0 radical (unpaired) electrons. The highest BCUT2D eigenvalue weighted by Gasteiger charge is 2.35. The fourth-order valence-corrected chi connectivity index (χ4v) is 4.72. The van der Waals surface area contributed by atoms with Crippen LogP contribution in [-0.4, -0.2) is 44.3 Å². The Hall–Kier alpha value is -1.51. The first-order valence-corrected chi connectivity index (χ1v) is 8.70. The van der Waals surface area contributed by atoms with Gasteiger partial charge in [0.1, 0.15) is 0 Å². The zero-order valence-corrected chi connectivity index (χ0v) is 13.6. The maximum atomic E-state index is 12.8. The number of nitro benzene ring substituents is 1. The first-order valence-electron chi connectivity index (χ1n) is 7.26. The van der Waals surface area contributed by atoms with Gasteiger partial charge in [-0.15, -0.1) is 0 Å². The molecule has 122 valence electrons. The molecule has 0 atom stereocenters. The number of rotatable bonds is 5. The Kier molecular flexibility index (Phi) is 5.15. The lowest BCUT2D eigenvalue weighted by Gasteiger charge is -2.31. The smallest absolute Gasteiger partial charge is 0.289 e. The second-order valence-electron chi connectivity index (χ2n) is 5.59. The topological polar surface area (TPSA) is 92.6 Å². The average Bonchev–Trinajstić information content (AvgIpc) is 2.47. The molecule has 1 aliphatic rings. The molecule has 0 spiro atoms. The van der Waals surface area contributed by atoms with Crippen molar-refractivity contribution >= 4 is 15.7 Å². The lowest BCUT2D eigenvalue weighted by atomic mass is 9.98. The predicted octanol–water partition coefficient (Wildman–Crippen LogP) is 1.52. The fraction of sp³-hybridized carbons (Fsp3) is 0.571. The van der Waals surface area contributed by atoms with Crippen molar-refractivity contribution in [3.8, 4) is 0 Å². The number of nitrogens with zero attached hydrogens (tertiary/aromatic N) is 2. The Balaban J connectivity index is 2.31. The Morgan fingerprint density at radius 2 is 2.00 bits per heavy atom. The Bertz CT molecular complexity index is 652. The van der Waals surface area contributed by atoms with Gasteiger partial charge in [-0.1, -0.05) is 12.1 Å². The lowest BCUT2D eigenvalue weighted by Crippen LogP contribution is -2.40. The fourth-order valence-electron chi connectivity index (χ4n) is 2.89. The van der Waals surface area contributed by atoms with Crippen LogP contribution < -0.4 is 5.32 Å². The van der Waals surface area contributed by atoms with Crippen molar-refractivity contribution in [2.45, 2.75) is 24.7 Å². The van der Waals surface area contributed by atoms with E-state index in [0.717, 1.165) is 19.4 Å². The molecule has 22 heavy (non-hydrogen) atoms. The van der Waals surface area contributed by atoms with Crippen LogP contribution >= 0.6 is 0 Å². The molecule has 1 fully saturated rings. The van der Waals surface area contributed by atoms with Crippen LogP contribution in [0.25, 0.3) is 0 Å². The third-order valence-corrected chi connectivity index (χ3v) is 6.14. The van der Waals surface area contributed by atoms with Gasteiger partial charge in [0, 0.05) is 19.2 Å². The molecular formula is C14H21N3O4S. The van der Waals surface area contributed by atoms with E-state index < -0.39 is 14.9 Å². The van der Waals surface area contributed by atoms with Gasteiger partial charge >= 0.3 is 0 Å². The first kappa shape index (κ1) is 16.9. The highest BCUT2D eigenvalue weighted by Crippen LogP contribution is 2.31. The van der Waals surface area contributed by atoms with Gasteiger partial charge in [0.2, 0.25) is 10.0 Å². The summed E-state index contributed by atoms with van der Waals surface area (Å²) in [4.78, 5) is 10.3. The summed E-state index contributed by atoms with van der Waals surface area (Å²) in [6, 6.07) is 4.34. The van der Waals surface area contributed by atoms with Crippen LogP contribution in [0.5, 0.6) is 0 Å². The molecule has 1 aliphatic heterocycles. The van der Waals surface area contributed by atoms with E-state index in [-0.39, 0.29) is 10.6 Å². The Morgan fingerprint density at radius 3 is 2.55 bits per heavy atom. The molecule has 0 aromatic heterocycles. The minimum atomic E-state index is -3.84. The van der Waals surface area contributed by atoms with Crippen LogP contribution in [0.2, 0.25) is 0 Å². The largest absolute Gasteiger partial charge is 0.319 e. The molecule has 0 unspecified atom stereocenters. The van der Waals surface area contributed by atoms with Crippen LogP contribution in [0.1, 0.15) is 18.4 Å². The molecule has 0 bridgehead atoms. The monoisotopic (exact) mass is 327 g/mol. The minimum absolute atomic E-state index is 0.174. The minimum Gasteiger partial charge on any atom is -0.319 e. The normalized spacial score (nSPS) is 17.5. The standard InChI is InChI=1S/C14H21N3O4S/c1-11-4-3-5-13(17(18)19)14(11)22(20,21)16-8-6-12(7-9-16)10-15-2/h3-5,12,15H,6-10H2,1-2H3. The maximum absolute atomic E-state index is 12.8. The molecule has 1 heterocycles. The summed E-state index contributed by atoms with van der Waals surface area (Å²) in [7, 11) is -1.96. The van der Waals surface area contributed by atoms with Gasteiger partial charge in [0.05, 0.1) is 4.92 Å². The number of hydrogen-bond acceptors (Lipinski definition) is 5. The summed E-state index contributed by atoms with van der Waals surface area (Å²) < 4.78 is 27.0. The molecule has 0 aliphatic carbocycles. The number of hydrogen-bond donors (Lipinski definition) is 1. The van der Waals surface area contributed by atoms with E-state index in [1.807, 2.05) is 7.05 Å². The molecule has 7 nitrogen and oxygen atoms in total. The number of benzene rings is 1. The molecule has 0 amide bonds. The van der Waals surface area contributed by atoms with Gasteiger partial charge < -0.3 is 5.32 Å². The Morgan fingerprint density at radius 1 is 1.36 bits per heavy atom. The van der Waals surface area contributed by atoms with Crippen molar-refractivity contribution in [1.82, 2.24) is 9.62 Å². The Labute approximate surface area is 130 Å².